The first-order valence-electron chi connectivity index (χ1n) is 3.70. The lowest BCUT2D eigenvalue weighted by atomic mass is 10.1. The molecule has 1 aromatic rings. The van der Waals surface area contributed by atoms with Gasteiger partial charge in [-0.2, -0.15) is 0 Å². The van der Waals surface area contributed by atoms with Gasteiger partial charge in [-0.25, -0.2) is 0 Å². The minimum absolute atomic E-state index is 0.273. The van der Waals surface area contributed by atoms with Crippen LogP contribution in [0.5, 0.6) is 5.75 Å². The molecule has 70 valence electrons. The molecule has 4 heteroatoms. The maximum atomic E-state index is 10.5. The Kier molecular flexibility index (Phi) is 3.14. The predicted octanol–water partition coefficient (Wildman–Crippen LogP) is 1.83. The Hall–Kier alpha value is -1.22. The van der Waals surface area contributed by atoms with Crippen LogP contribution in [0.4, 0.5) is 5.69 Å². The fourth-order valence-electron chi connectivity index (χ4n) is 1.16. The normalized spacial score (nSPS) is 9.69. The molecule has 0 saturated heterocycles. The van der Waals surface area contributed by atoms with Gasteiger partial charge in [0, 0.05) is 11.1 Å². The zero-order valence-electron chi connectivity index (χ0n) is 7.21. The zero-order chi connectivity index (χ0) is 9.84. The summed E-state index contributed by atoms with van der Waals surface area (Å²) in [7, 11) is 1.52. The predicted molar refractivity (Wildman–Crippen MR) is 52.4 cm³/mol. The molecule has 1 aromatic carbocycles. The first-order chi connectivity index (χ1) is 6.22. The molecule has 0 fully saturated rings. The number of aldehydes is 1. The highest BCUT2D eigenvalue weighted by molar-refractivity contribution is 6.17. The summed E-state index contributed by atoms with van der Waals surface area (Å²) in [5.41, 5.74) is 7.31. The molecule has 0 aliphatic rings. The van der Waals surface area contributed by atoms with Crippen LogP contribution in [0.3, 0.4) is 0 Å². The monoisotopic (exact) mass is 199 g/mol. The highest BCUT2D eigenvalue weighted by Crippen LogP contribution is 2.28. The highest BCUT2D eigenvalue weighted by Gasteiger charge is 2.07. The van der Waals surface area contributed by atoms with E-state index in [1.54, 1.807) is 12.1 Å². The Balaban J connectivity index is 3.28. The average molecular weight is 200 g/mol. The number of hydrogen-bond acceptors (Lipinski definition) is 3. The number of nitrogens with two attached hydrogens (primary N) is 1. The van der Waals surface area contributed by atoms with E-state index in [9.17, 15) is 4.79 Å². The Morgan fingerprint density at radius 2 is 2.31 bits per heavy atom. The van der Waals surface area contributed by atoms with Crippen molar-refractivity contribution >= 4 is 23.6 Å². The molecular weight excluding hydrogens is 190 g/mol. The molecule has 0 saturated carbocycles. The lowest BCUT2D eigenvalue weighted by Gasteiger charge is -2.09. The number of anilines is 1. The Morgan fingerprint density at radius 3 is 2.77 bits per heavy atom. The summed E-state index contributed by atoms with van der Waals surface area (Å²) in [6.45, 7) is 0. The van der Waals surface area contributed by atoms with E-state index in [0.29, 0.717) is 17.0 Å². The van der Waals surface area contributed by atoms with Crippen LogP contribution in [0, 0.1) is 0 Å². The third-order valence-corrected chi connectivity index (χ3v) is 1.99. The van der Waals surface area contributed by atoms with Crippen molar-refractivity contribution in [3.05, 3.63) is 23.3 Å². The lowest BCUT2D eigenvalue weighted by molar-refractivity contribution is 0.112. The standard InChI is InChI=1S/C9H10ClNO2/c1-13-9-7(4-10)2-6(5-12)3-8(9)11/h2-3,5H,4,11H2,1H3. The largest absolute Gasteiger partial charge is 0.494 e. The van der Waals surface area contributed by atoms with Crippen LogP contribution in [0.25, 0.3) is 0 Å². The van der Waals surface area contributed by atoms with Gasteiger partial charge >= 0.3 is 0 Å². The lowest BCUT2D eigenvalue weighted by Crippen LogP contribution is -1.98. The zero-order valence-corrected chi connectivity index (χ0v) is 7.97. The molecule has 0 aliphatic heterocycles. The number of alkyl halides is 1. The van der Waals surface area contributed by atoms with E-state index in [1.165, 1.54) is 7.11 Å². The van der Waals surface area contributed by atoms with Crippen molar-refractivity contribution in [1.82, 2.24) is 0 Å². The van der Waals surface area contributed by atoms with E-state index in [1.807, 2.05) is 0 Å². The average Bonchev–Trinajstić information content (AvgIpc) is 2.16. The number of ether oxygens (including phenoxy) is 1. The van der Waals surface area contributed by atoms with Crippen molar-refractivity contribution < 1.29 is 9.53 Å². The molecule has 0 heterocycles. The van der Waals surface area contributed by atoms with Crippen molar-refractivity contribution in [1.29, 1.82) is 0 Å². The van der Waals surface area contributed by atoms with Gasteiger partial charge in [0.15, 0.2) is 0 Å². The minimum Gasteiger partial charge on any atom is -0.494 e. The number of benzene rings is 1. The second-order valence-corrected chi connectivity index (χ2v) is 2.82. The quantitative estimate of drug-likeness (QED) is 0.459. The summed E-state index contributed by atoms with van der Waals surface area (Å²) in [6.07, 6.45) is 0.728. The van der Waals surface area contributed by atoms with Gasteiger partial charge in [0.2, 0.25) is 0 Å². The third kappa shape index (κ3) is 1.92. The Labute approximate surface area is 81.4 Å². The fraction of sp³-hybridized carbons (Fsp3) is 0.222. The number of carbonyl (C=O) groups is 1. The Bertz CT molecular complexity index is 326. The Morgan fingerprint density at radius 1 is 1.62 bits per heavy atom. The molecule has 3 nitrogen and oxygen atoms in total. The van der Waals surface area contributed by atoms with Crippen LogP contribution < -0.4 is 10.5 Å². The van der Waals surface area contributed by atoms with Gasteiger partial charge in [-0.05, 0) is 12.1 Å². The van der Waals surface area contributed by atoms with Gasteiger partial charge in [0.25, 0.3) is 0 Å². The second kappa shape index (κ2) is 4.14. The van der Waals surface area contributed by atoms with E-state index in [0.717, 1.165) is 11.8 Å². The van der Waals surface area contributed by atoms with Crippen LogP contribution in [0.15, 0.2) is 12.1 Å². The summed E-state index contributed by atoms with van der Waals surface area (Å²) in [5.74, 6) is 0.815. The van der Waals surface area contributed by atoms with Gasteiger partial charge in [-0.3, -0.25) is 4.79 Å². The van der Waals surface area contributed by atoms with Gasteiger partial charge in [-0.15, -0.1) is 11.6 Å². The van der Waals surface area contributed by atoms with Crippen LogP contribution in [-0.4, -0.2) is 13.4 Å². The molecule has 0 spiro atoms. The molecule has 2 N–H and O–H groups in total. The van der Waals surface area contributed by atoms with Crippen LogP contribution >= 0.6 is 11.6 Å². The number of nitrogen functional groups attached to an aromatic ring is 1. The molecule has 13 heavy (non-hydrogen) atoms. The summed E-state index contributed by atoms with van der Waals surface area (Å²) in [5, 5.41) is 0. The molecule has 1 rings (SSSR count). The molecule has 0 bridgehead atoms. The number of methoxy groups -OCH3 is 1. The van der Waals surface area contributed by atoms with Crippen LogP contribution in [0.1, 0.15) is 15.9 Å². The van der Waals surface area contributed by atoms with Crippen molar-refractivity contribution in [3.63, 3.8) is 0 Å². The number of halogens is 1. The van der Waals surface area contributed by atoms with E-state index in [4.69, 9.17) is 22.1 Å². The first-order valence-corrected chi connectivity index (χ1v) is 4.24. The minimum atomic E-state index is 0.273. The van der Waals surface area contributed by atoms with Gasteiger partial charge < -0.3 is 10.5 Å². The molecular formula is C9H10ClNO2. The van der Waals surface area contributed by atoms with E-state index in [2.05, 4.69) is 0 Å². The first kappa shape index (κ1) is 9.86. The molecule has 0 atom stereocenters. The van der Waals surface area contributed by atoms with Crippen molar-refractivity contribution in [3.8, 4) is 5.75 Å². The van der Waals surface area contributed by atoms with E-state index >= 15 is 0 Å². The third-order valence-electron chi connectivity index (χ3n) is 1.70. The van der Waals surface area contributed by atoms with Crippen molar-refractivity contribution in [2.24, 2.45) is 0 Å². The summed E-state index contributed by atoms with van der Waals surface area (Å²) in [6, 6.07) is 3.22. The topological polar surface area (TPSA) is 52.3 Å². The van der Waals surface area contributed by atoms with Crippen molar-refractivity contribution in [2.75, 3.05) is 12.8 Å². The molecule has 0 radical (unpaired) electrons. The summed E-state index contributed by atoms with van der Waals surface area (Å²) >= 11 is 5.66. The van der Waals surface area contributed by atoms with Crippen LogP contribution in [0.2, 0.25) is 0 Å². The number of hydrogen-bond donors (Lipinski definition) is 1. The van der Waals surface area contributed by atoms with Gasteiger partial charge in [0.05, 0.1) is 18.7 Å². The SMILES string of the molecule is COc1c(N)cc(C=O)cc1CCl. The molecule has 0 aliphatic carbocycles. The van der Waals surface area contributed by atoms with Crippen molar-refractivity contribution in [2.45, 2.75) is 5.88 Å². The number of rotatable bonds is 3. The molecule has 0 aromatic heterocycles. The smallest absolute Gasteiger partial charge is 0.150 e. The summed E-state index contributed by atoms with van der Waals surface area (Å²) < 4.78 is 5.04. The van der Waals surface area contributed by atoms with E-state index < -0.39 is 0 Å². The maximum absolute atomic E-state index is 10.5. The van der Waals surface area contributed by atoms with Gasteiger partial charge in [-0.1, -0.05) is 0 Å². The number of carbonyl (C=O) groups excluding carboxylic acids is 1. The maximum Gasteiger partial charge on any atom is 0.150 e. The van der Waals surface area contributed by atoms with Gasteiger partial charge in [0.1, 0.15) is 12.0 Å². The molecule has 0 unspecified atom stereocenters. The second-order valence-electron chi connectivity index (χ2n) is 2.55. The summed E-state index contributed by atoms with van der Waals surface area (Å²) in [4.78, 5) is 10.5. The molecule has 0 amide bonds. The fourth-order valence-corrected chi connectivity index (χ4v) is 1.35. The van der Waals surface area contributed by atoms with Crippen LogP contribution in [-0.2, 0) is 5.88 Å². The highest BCUT2D eigenvalue weighted by atomic mass is 35.5. The van der Waals surface area contributed by atoms with E-state index in [-0.39, 0.29) is 5.88 Å².